The third kappa shape index (κ3) is 12.3. The summed E-state index contributed by atoms with van der Waals surface area (Å²) in [7, 11) is 4.21. The number of urea groups is 1. The normalized spacial score (nSPS) is 7.06. The molecule has 0 atom stereocenters. The van der Waals surface area contributed by atoms with Gasteiger partial charge in [0.05, 0.1) is 0 Å². The Morgan fingerprint density at radius 3 is 2.12 bits per heavy atom. The minimum absolute atomic E-state index is 0.312. The number of carbonyl (C=O) groups excluding carboxylic acids is 1. The van der Waals surface area contributed by atoms with Crippen molar-refractivity contribution in [3.05, 3.63) is 6.20 Å². The SMILES string of the molecule is CC.CC.CNC(=O)Nc1c[n+](C)no1.CO. The van der Waals surface area contributed by atoms with Gasteiger partial charge < -0.3 is 10.4 Å². The molecule has 0 saturated carbocycles. The van der Waals surface area contributed by atoms with Crippen molar-refractivity contribution in [1.82, 2.24) is 10.6 Å². The standard InChI is InChI=1S/C5H8N4O2.2C2H6.CH4O/c1-6-5(10)7-4-3-9(2)8-11-4;3*1-2/h3H,1-2H3,(H-,6,7,8,10);2*1-2H3;2H,1H3/p+1. The highest BCUT2D eigenvalue weighted by atomic mass is 16.5. The molecule has 0 radical (unpaired) electrons. The first kappa shape index (κ1) is 20.7. The second-order valence-electron chi connectivity index (χ2n) is 1.94. The van der Waals surface area contributed by atoms with Crippen LogP contribution in [-0.4, -0.2) is 30.6 Å². The van der Waals surface area contributed by atoms with Crippen LogP contribution in [0.4, 0.5) is 10.7 Å². The van der Waals surface area contributed by atoms with Gasteiger partial charge in [-0.3, -0.25) is 9.84 Å². The zero-order valence-corrected chi connectivity index (χ0v) is 11.7. The van der Waals surface area contributed by atoms with Gasteiger partial charge in [0.15, 0.2) is 12.3 Å². The average Bonchev–Trinajstić information content (AvgIpc) is 2.82. The summed E-state index contributed by atoms with van der Waals surface area (Å²) in [6, 6.07) is -0.332. The summed E-state index contributed by atoms with van der Waals surface area (Å²) in [5, 5.41) is 15.3. The van der Waals surface area contributed by atoms with Crippen LogP contribution in [0.25, 0.3) is 0 Å². The molecule has 17 heavy (non-hydrogen) atoms. The van der Waals surface area contributed by atoms with Crippen molar-refractivity contribution in [2.45, 2.75) is 27.7 Å². The summed E-state index contributed by atoms with van der Waals surface area (Å²) < 4.78 is 6.13. The van der Waals surface area contributed by atoms with Gasteiger partial charge in [-0.25, -0.2) is 4.79 Å². The number of aliphatic hydroxyl groups excluding tert-OH is 1. The fourth-order valence-corrected chi connectivity index (χ4v) is 0.555. The maximum absolute atomic E-state index is 10.7. The molecule has 102 valence electrons. The van der Waals surface area contributed by atoms with Crippen molar-refractivity contribution >= 4 is 11.9 Å². The highest BCUT2D eigenvalue weighted by Gasteiger charge is 2.08. The Kier molecular flexibility index (Phi) is 20.5. The lowest BCUT2D eigenvalue weighted by molar-refractivity contribution is -0.739. The summed E-state index contributed by atoms with van der Waals surface area (Å²) in [6.45, 7) is 8.00. The van der Waals surface area contributed by atoms with Crippen LogP contribution in [-0.2, 0) is 7.05 Å². The van der Waals surface area contributed by atoms with Crippen LogP contribution in [0, 0.1) is 0 Å². The highest BCUT2D eigenvalue weighted by Crippen LogP contribution is 1.97. The summed E-state index contributed by atoms with van der Waals surface area (Å²) in [6.07, 6.45) is 1.55. The number of nitrogens with zero attached hydrogens (tertiary/aromatic N) is 2. The van der Waals surface area contributed by atoms with E-state index in [1.165, 1.54) is 11.7 Å². The second-order valence-corrected chi connectivity index (χ2v) is 1.94. The largest absolute Gasteiger partial charge is 0.400 e. The Hall–Kier alpha value is -1.63. The molecule has 0 spiro atoms. The minimum Gasteiger partial charge on any atom is -0.400 e. The lowest BCUT2D eigenvalue weighted by Gasteiger charge is -1.94. The molecule has 7 heteroatoms. The summed E-state index contributed by atoms with van der Waals surface area (Å²) in [4.78, 5) is 10.7. The molecule has 0 bridgehead atoms. The maximum atomic E-state index is 10.7. The van der Waals surface area contributed by atoms with E-state index in [0.717, 1.165) is 7.11 Å². The topological polar surface area (TPSA) is 91.3 Å². The van der Waals surface area contributed by atoms with Crippen LogP contribution in [0.5, 0.6) is 0 Å². The van der Waals surface area contributed by atoms with Crippen LogP contribution < -0.4 is 15.3 Å². The molecule has 1 aromatic rings. The minimum atomic E-state index is -0.332. The molecule has 2 amide bonds. The van der Waals surface area contributed by atoms with Gasteiger partial charge >= 0.3 is 11.9 Å². The molecular weight excluding hydrogens is 224 g/mol. The molecule has 0 aliphatic rings. The number of hydrogen-bond donors (Lipinski definition) is 3. The van der Waals surface area contributed by atoms with Crippen molar-refractivity contribution in [2.75, 3.05) is 19.5 Å². The smallest absolute Gasteiger partial charge is 0.321 e. The lowest BCUT2D eigenvalue weighted by atomic mass is 10.7. The van der Waals surface area contributed by atoms with Gasteiger partial charge in [0.1, 0.15) is 0 Å². The fraction of sp³-hybridized carbons (Fsp3) is 0.700. The van der Waals surface area contributed by atoms with E-state index in [4.69, 9.17) is 5.11 Å². The molecule has 0 saturated heterocycles. The van der Waals surface area contributed by atoms with Crippen LogP contribution in [0.2, 0.25) is 0 Å². The Morgan fingerprint density at radius 1 is 1.35 bits per heavy atom. The van der Waals surface area contributed by atoms with Crippen LogP contribution in [0.15, 0.2) is 10.7 Å². The van der Waals surface area contributed by atoms with Crippen molar-refractivity contribution in [3.63, 3.8) is 0 Å². The molecule has 1 rings (SSSR count). The number of anilines is 1. The van der Waals surface area contributed by atoms with Gasteiger partial charge in [-0.1, -0.05) is 32.4 Å². The van der Waals surface area contributed by atoms with Crippen molar-refractivity contribution < 1.29 is 19.1 Å². The van der Waals surface area contributed by atoms with E-state index in [0.29, 0.717) is 5.88 Å². The number of aromatic nitrogens is 2. The van der Waals surface area contributed by atoms with Gasteiger partial charge in [-0.2, -0.15) is 0 Å². The predicted octanol–water partition coefficient (Wildman–Crippen LogP) is 0.911. The molecule has 0 unspecified atom stereocenters. The molecule has 0 fully saturated rings. The molecule has 1 aromatic heterocycles. The average molecular weight is 249 g/mol. The summed E-state index contributed by atoms with van der Waals surface area (Å²) in [5.41, 5.74) is 0. The second kappa shape index (κ2) is 16.8. The monoisotopic (exact) mass is 249 g/mol. The first-order valence-corrected chi connectivity index (χ1v) is 5.48. The van der Waals surface area contributed by atoms with E-state index >= 15 is 0 Å². The zero-order valence-electron chi connectivity index (χ0n) is 11.7. The van der Waals surface area contributed by atoms with Crippen molar-refractivity contribution in [2.24, 2.45) is 7.05 Å². The van der Waals surface area contributed by atoms with E-state index < -0.39 is 0 Å². The number of rotatable bonds is 1. The third-order valence-electron chi connectivity index (χ3n) is 1.04. The quantitative estimate of drug-likeness (QED) is 0.645. The number of aryl methyl sites for hydroxylation is 1. The molecule has 3 N–H and O–H groups in total. The van der Waals surface area contributed by atoms with E-state index in [9.17, 15) is 4.79 Å². The van der Waals surface area contributed by atoms with Gasteiger partial charge in [-0.15, -0.1) is 0 Å². The van der Waals surface area contributed by atoms with E-state index in [1.807, 2.05) is 27.7 Å². The number of carbonyl (C=O) groups is 1. The first-order chi connectivity index (χ1) is 8.22. The number of nitrogens with one attached hydrogen (secondary N) is 2. The molecule has 0 aromatic carbocycles. The van der Waals surface area contributed by atoms with Crippen molar-refractivity contribution in [1.29, 1.82) is 0 Å². The third-order valence-corrected chi connectivity index (χ3v) is 1.04. The number of hydrogen-bond acceptors (Lipinski definition) is 4. The summed E-state index contributed by atoms with van der Waals surface area (Å²) in [5.74, 6) is 0.312. The number of aliphatic hydroxyl groups is 1. The van der Waals surface area contributed by atoms with E-state index in [1.54, 1.807) is 13.2 Å². The Labute approximate surface area is 103 Å². The van der Waals surface area contributed by atoms with E-state index in [2.05, 4.69) is 20.4 Å². The Morgan fingerprint density at radius 2 is 1.82 bits per heavy atom. The van der Waals surface area contributed by atoms with E-state index in [-0.39, 0.29) is 6.03 Å². The van der Waals surface area contributed by atoms with Crippen molar-refractivity contribution in [3.8, 4) is 0 Å². The predicted molar refractivity (Wildman–Crippen MR) is 66.6 cm³/mol. The molecule has 7 nitrogen and oxygen atoms in total. The van der Waals surface area contributed by atoms with Gasteiger partial charge in [0.2, 0.25) is 0 Å². The zero-order chi connectivity index (χ0) is 14.3. The lowest BCUT2D eigenvalue weighted by Crippen LogP contribution is -2.28. The molecule has 0 aliphatic heterocycles. The van der Waals surface area contributed by atoms with Crippen LogP contribution >= 0.6 is 0 Å². The summed E-state index contributed by atoms with van der Waals surface area (Å²) >= 11 is 0. The van der Waals surface area contributed by atoms with Crippen LogP contribution in [0.3, 0.4) is 0 Å². The van der Waals surface area contributed by atoms with Gasteiger partial charge in [-0.05, 0) is 0 Å². The molecule has 1 heterocycles. The first-order valence-electron chi connectivity index (χ1n) is 5.48. The maximum Gasteiger partial charge on any atom is 0.321 e. The Bertz CT molecular complexity index is 264. The molecule has 0 aliphatic carbocycles. The van der Waals surface area contributed by atoms with Gasteiger partial charge in [0.25, 0.3) is 6.20 Å². The van der Waals surface area contributed by atoms with Crippen LogP contribution in [0.1, 0.15) is 27.7 Å². The molecular formula is C10H25N4O3+. The highest BCUT2D eigenvalue weighted by molar-refractivity contribution is 5.87. The van der Waals surface area contributed by atoms with Gasteiger partial charge in [0, 0.05) is 14.2 Å². The Balaban J connectivity index is -0.000000285. The fourth-order valence-electron chi connectivity index (χ4n) is 0.555. The number of amides is 2.